The molecule has 0 saturated carbocycles. The summed E-state index contributed by atoms with van der Waals surface area (Å²) in [5.74, 6) is -7.07. The van der Waals surface area contributed by atoms with Crippen LogP contribution in [0.25, 0.3) is 0 Å². The van der Waals surface area contributed by atoms with E-state index in [0.29, 0.717) is 20.8 Å². The van der Waals surface area contributed by atoms with E-state index in [4.69, 9.17) is 0 Å². The number of hydrogen-bond acceptors (Lipinski definition) is 12. The van der Waals surface area contributed by atoms with Gasteiger partial charge >= 0.3 is 0 Å². The molecule has 56 heavy (non-hydrogen) atoms. The van der Waals surface area contributed by atoms with Crippen LogP contribution in [-0.2, 0) is 66.6 Å². The van der Waals surface area contributed by atoms with Gasteiger partial charge in [0, 0.05) is 63.9 Å². The van der Waals surface area contributed by atoms with E-state index in [0.717, 1.165) is 20.8 Å². The van der Waals surface area contributed by atoms with E-state index in [1.807, 2.05) is 0 Å². The zero-order chi connectivity index (χ0) is 41.1. The predicted molar refractivity (Wildman–Crippen MR) is 189 cm³/mol. The van der Waals surface area contributed by atoms with Gasteiger partial charge in [0.1, 0.15) is 24.2 Å². The molecule has 1 heterocycles. The van der Waals surface area contributed by atoms with E-state index in [1.165, 1.54) is 0 Å². The van der Waals surface area contributed by atoms with Gasteiger partial charge < -0.3 is 31.9 Å². The number of nitrogens with one attached hydrogen (secondary N) is 6. The zero-order valence-electron chi connectivity index (χ0n) is 31.4. The zero-order valence-corrected chi connectivity index (χ0v) is 32.5. The van der Waals surface area contributed by atoms with E-state index in [-0.39, 0.29) is 81.6 Å². The molecule has 0 bridgehead atoms. The van der Waals surface area contributed by atoms with E-state index < -0.39 is 90.4 Å². The molecule has 9 amide bonds. The Bertz CT molecular complexity index is 1510. The second-order valence-electron chi connectivity index (χ2n) is 12.8. The monoisotopic (exact) mass is 833 g/mol. The summed E-state index contributed by atoms with van der Waals surface area (Å²) in [6.45, 7) is 1.36. The van der Waals surface area contributed by atoms with Crippen molar-refractivity contribution in [1.29, 1.82) is 0 Å². The van der Waals surface area contributed by atoms with Gasteiger partial charge in [-0.3, -0.25) is 58.8 Å². The third-order valence-electron chi connectivity index (χ3n) is 8.38. The second kappa shape index (κ2) is 25.1. The summed E-state index contributed by atoms with van der Waals surface area (Å²) in [6, 6.07) is 3.22. The molecule has 0 spiro atoms. The molecule has 0 aromatic heterocycles. The van der Waals surface area contributed by atoms with Crippen molar-refractivity contribution >= 4 is 53.2 Å². The first-order chi connectivity index (χ1) is 26.0. The van der Waals surface area contributed by atoms with Gasteiger partial charge in [-0.05, 0) is 44.1 Å². The summed E-state index contributed by atoms with van der Waals surface area (Å²) in [5, 5.41) is 45.6. The number of benzene rings is 1. The number of carbonyl (C=O) groups is 9. The Labute approximate surface area is 334 Å². The molecule has 1 aromatic carbocycles. The fraction of sp³-hybridized carbons (Fsp3) is 0.559. The minimum absolute atomic E-state index is 0. The number of carbonyl (C=O) groups excluding carboxylic acids is 9. The SMILES string of the molecule is CC(=O)N(O)CCC[C@@H]1NC(=O)CNC(=O)[C@@H](Cc2ccccc2)NC(=O)CNC(=O)[C@H](CCCN(O)C(C)=O)NC(=O)[C@H](CCCN(O)C(C)=O)NC1=O.[Fe]. The number of amides is 9. The molecule has 1 aliphatic heterocycles. The summed E-state index contributed by atoms with van der Waals surface area (Å²) in [5.41, 5.74) is 0.660. The predicted octanol–water partition coefficient (Wildman–Crippen LogP) is -2.53. The van der Waals surface area contributed by atoms with Crippen LogP contribution in [-0.4, -0.2) is 141 Å². The Morgan fingerprint density at radius 1 is 0.554 bits per heavy atom. The van der Waals surface area contributed by atoms with Gasteiger partial charge in [-0.1, -0.05) is 30.3 Å². The Morgan fingerprint density at radius 2 is 0.893 bits per heavy atom. The van der Waals surface area contributed by atoms with Crippen molar-refractivity contribution in [2.45, 2.75) is 89.9 Å². The van der Waals surface area contributed by atoms with E-state index in [9.17, 15) is 58.8 Å². The average molecular weight is 834 g/mol. The molecule has 2 rings (SSSR count). The minimum atomic E-state index is -1.43. The van der Waals surface area contributed by atoms with Crippen LogP contribution in [0.15, 0.2) is 30.3 Å². The number of rotatable bonds is 14. The maximum Gasteiger partial charge on any atom is 0.243 e. The molecule has 0 unspecified atom stereocenters. The van der Waals surface area contributed by atoms with Crippen LogP contribution in [0.1, 0.15) is 64.9 Å². The van der Waals surface area contributed by atoms with Crippen LogP contribution < -0.4 is 31.9 Å². The van der Waals surface area contributed by atoms with E-state index in [1.54, 1.807) is 30.3 Å². The van der Waals surface area contributed by atoms with Crippen LogP contribution in [0, 0.1) is 0 Å². The Kier molecular flexibility index (Phi) is 21.9. The molecule has 312 valence electrons. The molecule has 1 saturated heterocycles. The van der Waals surface area contributed by atoms with Crippen LogP contribution >= 0.6 is 0 Å². The molecular formula is C34H51FeN9O12. The molecule has 1 fully saturated rings. The fourth-order valence-corrected chi connectivity index (χ4v) is 5.29. The standard InChI is InChI=1S/C34H51N9O12.Fe/c1-21(44)41(53)15-7-12-25-31(49)35-20-30(48)38-28(18-24-10-5-4-6-11-24)32(50)36-19-29(47)37-26(13-8-16-42(54)22(2)45)33(51)40-27(34(52)39-25)14-9-17-43(55)23(3)46;/h4-6,10-11,25-28,53-55H,7-9,12-20H2,1-3H3,(H,35,49)(H,36,50)(H,37,47)(H,38,48)(H,39,52)(H,40,51);/t25-,26-,27-,28+;/m0./s1. The number of nitrogens with zero attached hydrogens (tertiary/aromatic N) is 3. The van der Waals surface area contributed by atoms with Gasteiger partial charge in [0.15, 0.2) is 0 Å². The molecule has 0 radical (unpaired) electrons. The molecule has 0 aliphatic carbocycles. The molecule has 21 nitrogen and oxygen atoms in total. The molecular weight excluding hydrogens is 782 g/mol. The Balaban J connectivity index is 0.0000157. The first-order valence-corrected chi connectivity index (χ1v) is 17.7. The van der Waals surface area contributed by atoms with E-state index in [2.05, 4.69) is 31.9 Å². The second-order valence-corrected chi connectivity index (χ2v) is 12.8. The summed E-state index contributed by atoms with van der Waals surface area (Å²) >= 11 is 0. The van der Waals surface area contributed by atoms with Crippen molar-refractivity contribution in [1.82, 2.24) is 47.1 Å². The first-order valence-electron chi connectivity index (χ1n) is 17.7. The summed E-state index contributed by atoms with van der Waals surface area (Å²) in [4.78, 5) is 115. The molecule has 22 heteroatoms. The minimum Gasteiger partial charge on any atom is -0.345 e. The summed E-state index contributed by atoms with van der Waals surface area (Å²) in [7, 11) is 0. The van der Waals surface area contributed by atoms with Gasteiger partial charge in [0.05, 0.1) is 13.1 Å². The van der Waals surface area contributed by atoms with Crippen LogP contribution in [0.3, 0.4) is 0 Å². The van der Waals surface area contributed by atoms with Crippen LogP contribution in [0.4, 0.5) is 0 Å². The summed E-state index contributed by atoms with van der Waals surface area (Å²) < 4.78 is 0. The third-order valence-corrected chi connectivity index (χ3v) is 8.38. The maximum absolute atomic E-state index is 13.7. The van der Waals surface area contributed by atoms with Gasteiger partial charge in [-0.25, -0.2) is 15.2 Å². The van der Waals surface area contributed by atoms with Gasteiger partial charge in [-0.15, -0.1) is 0 Å². The van der Waals surface area contributed by atoms with Crippen molar-refractivity contribution in [3.8, 4) is 0 Å². The number of hydroxylamine groups is 6. The third kappa shape index (κ3) is 18.0. The van der Waals surface area contributed by atoms with Gasteiger partial charge in [0.2, 0.25) is 53.2 Å². The number of hydrogen-bond donors (Lipinski definition) is 9. The van der Waals surface area contributed by atoms with Gasteiger partial charge in [-0.2, -0.15) is 0 Å². The maximum atomic E-state index is 13.7. The van der Waals surface area contributed by atoms with Gasteiger partial charge in [0.25, 0.3) is 0 Å². The molecule has 1 aliphatic rings. The molecule has 9 N–H and O–H groups in total. The first kappa shape index (κ1) is 48.9. The van der Waals surface area contributed by atoms with E-state index >= 15 is 0 Å². The van der Waals surface area contributed by atoms with Crippen molar-refractivity contribution in [2.75, 3.05) is 32.7 Å². The summed E-state index contributed by atoms with van der Waals surface area (Å²) in [6.07, 6.45) is -0.566. The normalized spacial score (nSPS) is 19.9. The smallest absolute Gasteiger partial charge is 0.243 e. The van der Waals surface area contributed by atoms with Crippen molar-refractivity contribution in [2.24, 2.45) is 0 Å². The topological polar surface area (TPSA) is 296 Å². The van der Waals surface area contributed by atoms with Crippen molar-refractivity contribution in [3.63, 3.8) is 0 Å². The van der Waals surface area contributed by atoms with Crippen molar-refractivity contribution in [3.05, 3.63) is 35.9 Å². The average Bonchev–Trinajstić information content (AvgIpc) is 3.13. The molecule has 1 aromatic rings. The Hall–Kier alpha value is -5.15. The quantitative estimate of drug-likeness (QED) is 0.0533. The Morgan fingerprint density at radius 3 is 1.29 bits per heavy atom. The van der Waals surface area contributed by atoms with Crippen molar-refractivity contribution < 1.29 is 75.8 Å². The fourth-order valence-electron chi connectivity index (χ4n) is 5.29. The largest absolute Gasteiger partial charge is 0.345 e. The van der Waals surface area contributed by atoms with Crippen LogP contribution in [0.5, 0.6) is 0 Å². The molecule has 4 atom stereocenters. The van der Waals surface area contributed by atoms with Crippen LogP contribution in [0.2, 0.25) is 0 Å².